The molecule has 2 radical (unpaired) electrons. The first-order valence-corrected chi connectivity index (χ1v) is 0. The van der Waals surface area contributed by atoms with Gasteiger partial charge in [0.25, 0.3) is 0 Å². The third-order valence-electron chi connectivity index (χ3n) is 0. The van der Waals surface area contributed by atoms with Crippen LogP contribution in [0.1, 0.15) is 0 Å². The smallest absolute Gasteiger partial charge is 0.870 e. The van der Waals surface area contributed by atoms with Crippen molar-refractivity contribution >= 4 is 0 Å². The van der Waals surface area contributed by atoms with E-state index in [2.05, 4.69) is 0 Å². The molecule has 0 amide bonds. The van der Waals surface area contributed by atoms with Gasteiger partial charge in [-0.15, -0.1) is 0 Å². The first-order valence-electron chi connectivity index (χ1n) is 0. The molecule has 4 nitrogen and oxygen atoms in total. The van der Waals surface area contributed by atoms with Gasteiger partial charge in [0.2, 0.25) is 0 Å². The van der Waals surface area contributed by atoms with E-state index >= 15 is 0 Å². The second kappa shape index (κ2) is 130. The third-order valence-corrected chi connectivity index (χ3v) is 0. The summed E-state index contributed by atoms with van der Waals surface area (Å²) < 4.78 is 0. The Kier molecular flexibility index (Phi) is 3630. The van der Waals surface area contributed by atoms with Crippen LogP contribution in [0, 0.1) is 0 Å². The van der Waals surface area contributed by atoms with E-state index in [4.69, 9.17) is 0 Å². The van der Waals surface area contributed by atoms with Gasteiger partial charge in [-0.25, -0.2) is 0 Å². The largest absolute Gasteiger partial charge is 2.00 e. The normalized spacial score (nSPS) is 0. The van der Waals surface area contributed by atoms with Crippen LogP contribution >= 0.6 is 0 Å². The van der Waals surface area contributed by atoms with Gasteiger partial charge in [0.05, 0.1) is 0 Å². The van der Waals surface area contributed by atoms with Crippen molar-refractivity contribution in [3.63, 3.8) is 0 Å². The van der Waals surface area contributed by atoms with Crippen molar-refractivity contribution in [3.8, 4) is 0 Å². The maximum Gasteiger partial charge on any atom is 2.00 e. The molecular weight excluding hydrogens is 239 g/mol. The molecule has 0 spiro atoms. The summed E-state index contributed by atoms with van der Waals surface area (Å²) in [6, 6.07) is 0. The molecule has 4 N–H and O–H groups in total. The first kappa shape index (κ1) is 195. The van der Waals surface area contributed by atoms with Gasteiger partial charge in [0.1, 0.15) is 0 Å². The van der Waals surface area contributed by atoms with E-state index in [-0.39, 0.29) is 77.8 Å². The summed E-state index contributed by atoms with van der Waals surface area (Å²) in [6.07, 6.45) is 0. The van der Waals surface area contributed by atoms with Crippen molar-refractivity contribution in [1.82, 2.24) is 0 Å². The Hall–Kier alpha value is 1.59. The molecule has 0 atom stereocenters. The fourth-order valence-corrected chi connectivity index (χ4v) is 0. The summed E-state index contributed by atoms with van der Waals surface area (Å²) in [6.45, 7) is 0. The minimum Gasteiger partial charge on any atom is -0.870 e. The van der Waals surface area contributed by atoms with Crippen molar-refractivity contribution in [3.05, 3.63) is 0 Å². The van der Waals surface area contributed by atoms with E-state index in [0.717, 1.165) is 0 Å². The SMILES string of the molecule is [Cu+2].[Cu+2].[OH-].[OH-].[OH-].[OH-].[Ti]. The van der Waals surface area contributed by atoms with Gasteiger partial charge >= 0.3 is 34.1 Å². The van der Waals surface area contributed by atoms with Crippen LogP contribution in [0.25, 0.3) is 0 Å². The standard InChI is InChI=1S/2Cu.4H2O.Ti/h;;4*1H2;/q2*+2;;;;;/p-4. The quantitative estimate of drug-likeness (QED) is 0.521. The molecule has 0 fully saturated rings. The van der Waals surface area contributed by atoms with E-state index in [1.54, 1.807) is 0 Å². The van der Waals surface area contributed by atoms with Gasteiger partial charge in [0.15, 0.2) is 0 Å². The minimum atomic E-state index is 0. The molecule has 0 bridgehead atoms. The van der Waals surface area contributed by atoms with Crippen molar-refractivity contribution in [1.29, 1.82) is 0 Å². The Morgan fingerprint density at radius 3 is 0.429 bits per heavy atom. The molecule has 0 aromatic heterocycles. The predicted molar refractivity (Wildman–Crippen MR) is 7.74 cm³/mol. The van der Waals surface area contributed by atoms with Crippen LogP contribution in [0.4, 0.5) is 0 Å². The molecule has 0 unspecified atom stereocenters. The summed E-state index contributed by atoms with van der Waals surface area (Å²) in [7, 11) is 0. The van der Waals surface area contributed by atoms with Gasteiger partial charge in [-0.1, -0.05) is 0 Å². The van der Waals surface area contributed by atoms with Gasteiger partial charge in [-0.05, 0) is 0 Å². The maximum absolute atomic E-state index is 0. The van der Waals surface area contributed by atoms with Crippen molar-refractivity contribution in [2.75, 3.05) is 0 Å². The second-order valence-corrected chi connectivity index (χ2v) is 0. The Balaban J connectivity index is 0. The van der Waals surface area contributed by atoms with Crippen molar-refractivity contribution < 1.29 is 77.8 Å². The summed E-state index contributed by atoms with van der Waals surface area (Å²) in [5.74, 6) is 0. The second-order valence-electron chi connectivity index (χ2n) is 0. The zero-order valence-corrected chi connectivity index (χ0v) is 6.34. The molecule has 54 valence electrons. The number of hydrogen-bond acceptors (Lipinski definition) is 4. The average molecular weight is 243 g/mol. The van der Waals surface area contributed by atoms with E-state index < -0.39 is 0 Å². The molecule has 0 aromatic carbocycles. The van der Waals surface area contributed by atoms with Gasteiger partial charge in [-0.3, -0.25) is 0 Å². The van der Waals surface area contributed by atoms with Crippen LogP contribution in [-0.4, -0.2) is 21.9 Å². The molecule has 0 aliphatic rings. The maximum atomic E-state index is 0. The number of rotatable bonds is 0. The summed E-state index contributed by atoms with van der Waals surface area (Å²) in [5, 5.41) is 0. The summed E-state index contributed by atoms with van der Waals surface area (Å²) >= 11 is 0. The number of hydrogen-bond donors (Lipinski definition) is 0. The van der Waals surface area contributed by atoms with Crippen molar-refractivity contribution in [2.24, 2.45) is 0 Å². The minimum absolute atomic E-state index is 0. The monoisotopic (exact) mass is 242 g/mol. The molecule has 0 heterocycles. The van der Waals surface area contributed by atoms with Crippen LogP contribution in [0.2, 0.25) is 0 Å². The molecule has 0 aliphatic heterocycles. The van der Waals surface area contributed by atoms with E-state index in [0.29, 0.717) is 0 Å². The summed E-state index contributed by atoms with van der Waals surface area (Å²) in [4.78, 5) is 0. The third kappa shape index (κ3) is 93.6. The molecule has 0 rings (SSSR count). The zero-order chi connectivity index (χ0) is 0. The topological polar surface area (TPSA) is 120 Å². The molecule has 0 aromatic rings. The molecular formula is H4Cu2O4Ti. The predicted octanol–water partition coefficient (Wildman–Crippen LogP) is -0.715. The molecule has 7 heavy (non-hydrogen) atoms. The molecule has 0 saturated heterocycles. The Bertz CT molecular complexity index is 9.65. The van der Waals surface area contributed by atoms with Crippen LogP contribution < -0.4 is 0 Å². The molecule has 0 saturated carbocycles. The fourth-order valence-electron chi connectivity index (χ4n) is 0. The first-order chi connectivity index (χ1) is 0. The van der Waals surface area contributed by atoms with E-state index in [1.807, 2.05) is 0 Å². The van der Waals surface area contributed by atoms with E-state index in [1.165, 1.54) is 0 Å². The molecule has 0 aliphatic carbocycles. The summed E-state index contributed by atoms with van der Waals surface area (Å²) in [5.41, 5.74) is 0. The average Bonchev–Trinajstić information content (AvgIpc) is 0. The van der Waals surface area contributed by atoms with Gasteiger partial charge in [0, 0.05) is 21.7 Å². The van der Waals surface area contributed by atoms with Crippen LogP contribution in [0.3, 0.4) is 0 Å². The van der Waals surface area contributed by atoms with E-state index in [9.17, 15) is 0 Å². The Labute approximate surface area is 77.5 Å². The van der Waals surface area contributed by atoms with Crippen molar-refractivity contribution in [2.45, 2.75) is 0 Å². The van der Waals surface area contributed by atoms with Crippen LogP contribution in [0.15, 0.2) is 0 Å². The van der Waals surface area contributed by atoms with Crippen LogP contribution in [-0.2, 0) is 55.9 Å². The fraction of sp³-hybridized carbons (Fsp3) is 0. The molecule has 7 heteroatoms. The Morgan fingerprint density at radius 1 is 0.429 bits per heavy atom. The zero-order valence-electron chi connectivity index (χ0n) is 2.89. The van der Waals surface area contributed by atoms with Crippen LogP contribution in [0.5, 0.6) is 0 Å². The van der Waals surface area contributed by atoms with Gasteiger partial charge in [-0.2, -0.15) is 0 Å². The van der Waals surface area contributed by atoms with Gasteiger partial charge < -0.3 is 21.9 Å². The Morgan fingerprint density at radius 2 is 0.429 bits per heavy atom.